The summed E-state index contributed by atoms with van der Waals surface area (Å²) in [7, 11) is 1.61. The third kappa shape index (κ3) is 3.26. The summed E-state index contributed by atoms with van der Waals surface area (Å²) in [5, 5.41) is 20.0. The van der Waals surface area contributed by atoms with Crippen LogP contribution in [0.25, 0.3) is 0 Å². The Balaban J connectivity index is 1.61. The van der Waals surface area contributed by atoms with E-state index in [1.807, 2.05) is 18.2 Å². The lowest BCUT2D eigenvalue weighted by Gasteiger charge is -2.47. The molecular weight excluding hydrogens is 374 g/mol. The summed E-state index contributed by atoms with van der Waals surface area (Å²) in [5.74, 6) is 0.741. The summed E-state index contributed by atoms with van der Waals surface area (Å²) in [4.78, 5) is 2.62. The molecule has 4 heteroatoms. The van der Waals surface area contributed by atoms with E-state index in [4.69, 9.17) is 4.74 Å². The zero-order chi connectivity index (χ0) is 20.7. The van der Waals surface area contributed by atoms with Gasteiger partial charge in [-0.2, -0.15) is 0 Å². The number of fused-ring (bicyclic) bond motifs is 4. The molecule has 0 radical (unpaired) electrons. The molecule has 0 aliphatic carbocycles. The quantitative estimate of drug-likeness (QED) is 0.683. The number of hydrogen-bond acceptors (Lipinski definition) is 4. The van der Waals surface area contributed by atoms with Crippen LogP contribution in [0.4, 0.5) is 0 Å². The van der Waals surface area contributed by atoms with Crippen LogP contribution in [0.2, 0.25) is 0 Å². The van der Waals surface area contributed by atoms with Gasteiger partial charge in [-0.15, -0.1) is 0 Å². The number of benzene rings is 3. The second kappa shape index (κ2) is 7.78. The van der Waals surface area contributed by atoms with Crippen LogP contribution in [0.15, 0.2) is 60.7 Å². The Morgan fingerprint density at radius 3 is 2.57 bits per heavy atom. The summed E-state index contributed by atoms with van der Waals surface area (Å²) in [5.41, 5.74) is 7.40. The topological polar surface area (TPSA) is 52.9 Å². The van der Waals surface area contributed by atoms with Gasteiger partial charge in [-0.05, 0) is 64.8 Å². The van der Waals surface area contributed by atoms with Crippen LogP contribution < -0.4 is 4.74 Å². The first-order chi connectivity index (χ1) is 14.7. The highest BCUT2D eigenvalue weighted by Crippen LogP contribution is 2.47. The molecule has 4 nitrogen and oxygen atoms in total. The maximum Gasteiger partial charge on any atom is 0.160 e. The average Bonchev–Trinajstić information content (AvgIpc) is 2.78. The molecule has 2 atom stereocenters. The van der Waals surface area contributed by atoms with E-state index in [2.05, 4.69) is 47.4 Å². The first kappa shape index (κ1) is 19.2. The van der Waals surface area contributed by atoms with Gasteiger partial charge in [0.25, 0.3) is 0 Å². The van der Waals surface area contributed by atoms with Gasteiger partial charge in [0.1, 0.15) is 0 Å². The summed E-state index contributed by atoms with van der Waals surface area (Å²) >= 11 is 0. The van der Waals surface area contributed by atoms with Crippen molar-refractivity contribution in [3.63, 3.8) is 0 Å². The van der Waals surface area contributed by atoms with E-state index in [0.29, 0.717) is 5.75 Å². The Morgan fingerprint density at radius 1 is 0.967 bits per heavy atom. The molecular formula is C26H27NO3. The highest BCUT2D eigenvalue weighted by atomic mass is 16.5. The minimum atomic E-state index is 0.0782. The normalized spacial score (nSPS) is 20.2. The Bertz CT molecular complexity index is 1060. The van der Waals surface area contributed by atoms with Crippen LogP contribution in [-0.2, 0) is 25.9 Å². The Labute approximate surface area is 177 Å². The molecule has 0 fully saturated rings. The van der Waals surface area contributed by atoms with Gasteiger partial charge >= 0.3 is 0 Å². The minimum Gasteiger partial charge on any atom is -0.504 e. The van der Waals surface area contributed by atoms with Gasteiger partial charge in [-0.25, -0.2) is 0 Å². The Kier molecular flexibility index (Phi) is 4.97. The van der Waals surface area contributed by atoms with Crippen molar-refractivity contribution in [3.8, 4) is 11.5 Å². The number of nitrogens with zero attached hydrogens (tertiary/aromatic N) is 1. The lowest BCUT2D eigenvalue weighted by molar-refractivity contribution is 0.106. The van der Waals surface area contributed by atoms with E-state index in [-0.39, 0.29) is 24.4 Å². The van der Waals surface area contributed by atoms with Gasteiger partial charge in [0.2, 0.25) is 0 Å². The summed E-state index contributed by atoms with van der Waals surface area (Å²) < 4.78 is 5.44. The fourth-order valence-electron chi connectivity index (χ4n) is 5.21. The maximum absolute atomic E-state index is 10.4. The van der Waals surface area contributed by atoms with Crippen molar-refractivity contribution in [2.75, 3.05) is 13.7 Å². The minimum absolute atomic E-state index is 0.0782. The Hall–Kier alpha value is -2.82. The molecule has 0 aromatic heterocycles. The van der Waals surface area contributed by atoms with Crippen molar-refractivity contribution < 1.29 is 14.9 Å². The zero-order valence-corrected chi connectivity index (χ0v) is 17.2. The third-order valence-corrected chi connectivity index (χ3v) is 6.67. The van der Waals surface area contributed by atoms with Crippen LogP contribution in [0.1, 0.15) is 45.5 Å². The van der Waals surface area contributed by atoms with Crippen LogP contribution in [-0.4, -0.2) is 28.8 Å². The van der Waals surface area contributed by atoms with Gasteiger partial charge in [0, 0.05) is 18.6 Å². The average molecular weight is 402 g/mol. The van der Waals surface area contributed by atoms with Crippen molar-refractivity contribution in [2.45, 2.75) is 38.0 Å². The van der Waals surface area contributed by atoms with Gasteiger partial charge in [0.05, 0.1) is 13.7 Å². The van der Waals surface area contributed by atoms with Crippen molar-refractivity contribution in [1.29, 1.82) is 0 Å². The van der Waals surface area contributed by atoms with E-state index < -0.39 is 0 Å². The predicted molar refractivity (Wildman–Crippen MR) is 117 cm³/mol. The van der Waals surface area contributed by atoms with Gasteiger partial charge in [-0.3, -0.25) is 4.90 Å². The smallest absolute Gasteiger partial charge is 0.160 e. The van der Waals surface area contributed by atoms with Gasteiger partial charge < -0.3 is 14.9 Å². The number of aliphatic hydroxyl groups is 1. The molecule has 0 saturated carbocycles. The first-order valence-electron chi connectivity index (χ1n) is 10.6. The van der Waals surface area contributed by atoms with E-state index in [1.54, 1.807) is 7.11 Å². The first-order valence-corrected chi connectivity index (χ1v) is 10.6. The van der Waals surface area contributed by atoms with Crippen LogP contribution in [0.5, 0.6) is 11.5 Å². The van der Waals surface area contributed by atoms with Crippen molar-refractivity contribution in [3.05, 3.63) is 94.0 Å². The van der Waals surface area contributed by atoms with E-state index in [0.717, 1.165) is 31.4 Å². The number of methoxy groups -OCH3 is 1. The number of phenols is 1. The SMILES string of the molecule is COc1cc2c(cc1O)C[C@H]1c3ccc(CO)cc3CCN1[C@@H]2Cc1ccccc1. The third-order valence-electron chi connectivity index (χ3n) is 6.67. The molecule has 2 aliphatic heterocycles. The fraction of sp³-hybridized carbons (Fsp3) is 0.308. The van der Waals surface area contributed by atoms with Gasteiger partial charge in [0.15, 0.2) is 11.5 Å². The number of rotatable bonds is 4. The summed E-state index contributed by atoms with van der Waals surface area (Å²) in [6.07, 6.45) is 2.77. The second-order valence-corrected chi connectivity index (χ2v) is 8.33. The molecule has 0 amide bonds. The largest absolute Gasteiger partial charge is 0.504 e. The summed E-state index contributed by atoms with van der Waals surface area (Å²) in [6.45, 7) is 1.06. The summed E-state index contributed by atoms with van der Waals surface area (Å²) in [6, 6.07) is 21.4. The van der Waals surface area contributed by atoms with E-state index in [9.17, 15) is 10.2 Å². The second-order valence-electron chi connectivity index (χ2n) is 8.33. The van der Waals surface area contributed by atoms with Crippen LogP contribution in [0, 0.1) is 0 Å². The van der Waals surface area contributed by atoms with E-state index in [1.165, 1.54) is 27.8 Å². The molecule has 154 valence electrons. The van der Waals surface area contributed by atoms with Crippen LogP contribution in [0.3, 0.4) is 0 Å². The molecule has 2 aliphatic rings. The monoisotopic (exact) mass is 401 g/mol. The number of hydrogen-bond donors (Lipinski definition) is 2. The molecule has 30 heavy (non-hydrogen) atoms. The van der Waals surface area contributed by atoms with E-state index >= 15 is 0 Å². The predicted octanol–water partition coefficient (Wildman–Crippen LogP) is 4.33. The molecule has 3 aromatic rings. The molecule has 5 rings (SSSR count). The highest BCUT2D eigenvalue weighted by Gasteiger charge is 2.38. The highest BCUT2D eigenvalue weighted by molar-refractivity contribution is 5.51. The number of aromatic hydroxyl groups is 1. The Morgan fingerprint density at radius 2 is 1.80 bits per heavy atom. The van der Waals surface area contributed by atoms with Crippen molar-refractivity contribution in [2.24, 2.45) is 0 Å². The van der Waals surface area contributed by atoms with Crippen molar-refractivity contribution >= 4 is 0 Å². The number of ether oxygens (including phenoxy) is 1. The molecule has 0 saturated heterocycles. The molecule has 2 heterocycles. The lowest BCUT2D eigenvalue weighted by atomic mass is 9.79. The molecule has 0 unspecified atom stereocenters. The molecule has 2 N–H and O–H groups in total. The fourth-order valence-corrected chi connectivity index (χ4v) is 5.21. The van der Waals surface area contributed by atoms with Gasteiger partial charge in [-0.1, -0.05) is 48.5 Å². The van der Waals surface area contributed by atoms with Crippen molar-refractivity contribution in [1.82, 2.24) is 4.90 Å². The maximum atomic E-state index is 10.4. The molecule has 0 spiro atoms. The molecule has 0 bridgehead atoms. The zero-order valence-electron chi connectivity index (χ0n) is 17.2. The van der Waals surface area contributed by atoms with Crippen LogP contribution >= 0.6 is 0 Å². The standard InChI is InChI=1S/C26H27NO3/c1-30-26-15-22-20(14-25(26)29)13-24-21-8-7-18(16-28)11-19(21)9-10-27(24)23(22)12-17-5-3-2-4-6-17/h2-8,11,14-15,23-24,28-29H,9-10,12-13,16H2,1H3/t23-,24+/m1/s1. The molecule has 3 aromatic carbocycles. The lowest BCUT2D eigenvalue weighted by Crippen LogP contribution is -2.43. The number of aliphatic hydroxyl groups excluding tert-OH is 1. The number of phenolic OH excluding ortho intramolecular Hbond substituents is 1.